The van der Waals surface area contributed by atoms with E-state index in [9.17, 15) is 4.39 Å². The molecule has 2 nitrogen and oxygen atoms in total. The van der Waals surface area contributed by atoms with E-state index in [1.54, 1.807) is 13.2 Å². The van der Waals surface area contributed by atoms with Gasteiger partial charge in [-0.15, -0.1) is 0 Å². The molecule has 2 aromatic carbocycles. The van der Waals surface area contributed by atoms with Gasteiger partial charge in [0.2, 0.25) is 0 Å². The minimum Gasteiger partial charge on any atom is -0.497 e. The number of hydrogen-bond donors (Lipinski definition) is 1. The minimum atomic E-state index is -0.218. The molecular formula is C17H20FNO. The van der Waals surface area contributed by atoms with E-state index in [4.69, 9.17) is 4.74 Å². The fourth-order valence-corrected chi connectivity index (χ4v) is 2.06. The Bertz CT molecular complexity index is 564. The lowest BCUT2D eigenvalue weighted by Gasteiger charge is -2.13. The zero-order chi connectivity index (χ0) is 14.5. The summed E-state index contributed by atoms with van der Waals surface area (Å²) in [4.78, 5) is 0. The van der Waals surface area contributed by atoms with Gasteiger partial charge in [-0.05, 0) is 41.0 Å². The monoisotopic (exact) mass is 273 g/mol. The fourth-order valence-electron chi connectivity index (χ4n) is 2.06. The van der Waals surface area contributed by atoms with Gasteiger partial charge in [-0.3, -0.25) is 0 Å². The molecule has 1 N–H and O–H groups in total. The van der Waals surface area contributed by atoms with Crippen molar-refractivity contribution in [3.05, 3.63) is 53.8 Å². The van der Waals surface area contributed by atoms with Crippen molar-refractivity contribution in [3.63, 3.8) is 0 Å². The van der Waals surface area contributed by atoms with E-state index < -0.39 is 0 Å². The standard InChI is InChI=1S/C17H20FNO/c1-12(2)19-11-14-4-7-15(18)10-17(14)13-5-8-16(20-3)9-6-13/h4-10,12,19H,11H2,1-3H3. The van der Waals surface area contributed by atoms with Crippen LogP contribution in [0.25, 0.3) is 11.1 Å². The van der Waals surface area contributed by atoms with Gasteiger partial charge in [0, 0.05) is 12.6 Å². The Morgan fingerprint density at radius 1 is 1.10 bits per heavy atom. The van der Waals surface area contributed by atoms with Crippen LogP contribution in [-0.2, 0) is 6.54 Å². The zero-order valence-electron chi connectivity index (χ0n) is 12.1. The number of halogens is 1. The number of ether oxygens (including phenoxy) is 1. The largest absolute Gasteiger partial charge is 0.497 e. The first-order valence-electron chi connectivity index (χ1n) is 6.76. The Kier molecular flexibility index (Phi) is 4.74. The highest BCUT2D eigenvalue weighted by Gasteiger charge is 2.07. The number of benzene rings is 2. The first kappa shape index (κ1) is 14.5. The summed E-state index contributed by atoms with van der Waals surface area (Å²) in [5.41, 5.74) is 3.00. The predicted octanol–water partition coefficient (Wildman–Crippen LogP) is 4.00. The maximum absolute atomic E-state index is 13.5. The molecule has 0 saturated heterocycles. The maximum atomic E-state index is 13.5. The van der Waals surface area contributed by atoms with Crippen LogP contribution in [0.15, 0.2) is 42.5 Å². The van der Waals surface area contributed by atoms with E-state index in [1.165, 1.54) is 6.07 Å². The molecule has 0 radical (unpaired) electrons. The second-order valence-corrected chi connectivity index (χ2v) is 5.07. The summed E-state index contributed by atoms with van der Waals surface area (Å²) in [6, 6.07) is 13.0. The average molecular weight is 273 g/mol. The van der Waals surface area contributed by atoms with Crippen LogP contribution in [0.4, 0.5) is 4.39 Å². The summed E-state index contributed by atoms with van der Waals surface area (Å²) >= 11 is 0. The van der Waals surface area contributed by atoms with E-state index in [-0.39, 0.29) is 5.82 Å². The molecule has 0 amide bonds. The summed E-state index contributed by atoms with van der Waals surface area (Å²) in [7, 11) is 1.63. The highest BCUT2D eigenvalue weighted by molar-refractivity contribution is 5.68. The summed E-state index contributed by atoms with van der Waals surface area (Å²) in [5.74, 6) is 0.580. The van der Waals surface area contributed by atoms with Crippen LogP contribution >= 0.6 is 0 Å². The van der Waals surface area contributed by atoms with Crippen molar-refractivity contribution >= 4 is 0 Å². The average Bonchev–Trinajstić information content (AvgIpc) is 2.46. The van der Waals surface area contributed by atoms with E-state index in [2.05, 4.69) is 19.2 Å². The van der Waals surface area contributed by atoms with Gasteiger partial charge in [0.1, 0.15) is 11.6 Å². The molecule has 0 unspecified atom stereocenters. The van der Waals surface area contributed by atoms with Crippen molar-refractivity contribution in [1.29, 1.82) is 0 Å². The van der Waals surface area contributed by atoms with Crippen LogP contribution in [-0.4, -0.2) is 13.2 Å². The molecule has 3 heteroatoms. The SMILES string of the molecule is COc1ccc(-c2cc(F)ccc2CNC(C)C)cc1. The van der Waals surface area contributed by atoms with Crippen molar-refractivity contribution in [1.82, 2.24) is 5.32 Å². The lowest BCUT2D eigenvalue weighted by atomic mass is 9.99. The zero-order valence-corrected chi connectivity index (χ0v) is 12.1. The number of hydrogen-bond acceptors (Lipinski definition) is 2. The molecule has 0 atom stereocenters. The molecule has 2 aromatic rings. The van der Waals surface area contributed by atoms with Gasteiger partial charge in [0.25, 0.3) is 0 Å². The molecule has 106 valence electrons. The topological polar surface area (TPSA) is 21.3 Å². The third-order valence-electron chi connectivity index (χ3n) is 3.17. The Labute approximate surface area is 119 Å². The van der Waals surface area contributed by atoms with Gasteiger partial charge >= 0.3 is 0 Å². The molecule has 0 aromatic heterocycles. The Hall–Kier alpha value is -1.87. The van der Waals surface area contributed by atoms with E-state index in [0.29, 0.717) is 6.04 Å². The van der Waals surface area contributed by atoms with E-state index in [1.807, 2.05) is 30.3 Å². The third kappa shape index (κ3) is 3.58. The van der Waals surface area contributed by atoms with Crippen LogP contribution in [0.2, 0.25) is 0 Å². The van der Waals surface area contributed by atoms with Gasteiger partial charge in [-0.1, -0.05) is 32.0 Å². The highest BCUT2D eigenvalue weighted by Crippen LogP contribution is 2.26. The van der Waals surface area contributed by atoms with Gasteiger partial charge < -0.3 is 10.1 Å². The van der Waals surface area contributed by atoms with Crippen molar-refractivity contribution in [2.75, 3.05) is 7.11 Å². The van der Waals surface area contributed by atoms with Gasteiger partial charge in [-0.25, -0.2) is 4.39 Å². The van der Waals surface area contributed by atoms with Crippen LogP contribution in [0.3, 0.4) is 0 Å². The summed E-state index contributed by atoms with van der Waals surface area (Å²) in [6.45, 7) is 4.91. The molecular weight excluding hydrogens is 253 g/mol. The van der Waals surface area contributed by atoms with Crippen molar-refractivity contribution in [2.45, 2.75) is 26.4 Å². The lowest BCUT2D eigenvalue weighted by molar-refractivity contribution is 0.415. The summed E-state index contributed by atoms with van der Waals surface area (Å²) in [5, 5.41) is 3.37. The molecule has 0 spiro atoms. The predicted molar refractivity (Wildman–Crippen MR) is 80.4 cm³/mol. The second kappa shape index (κ2) is 6.53. The van der Waals surface area contributed by atoms with E-state index in [0.717, 1.165) is 29.0 Å². The quantitative estimate of drug-likeness (QED) is 0.889. The molecule has 0 fully saturated rings. The lowest BCUT2D eigenvalue weighted by Crippen LogP contribution is -2.22. The molecule has 0 bridgehead atoms. The number of nitrogens with one attached hydrogen (secondary N) is 1. The smallest absolute Gasteiger partial charge is 0.123 e. The first-order chi connectivity index (χ1) is 9.60. The molecule has 0 saturated carbocycles. The molecule has 0 heterocycles. The van der Waals surface area contributed by atoms with Crippen LogP contribution < -0.4 is 10.1 Å². The van der Waals surface area contributed by atoms with Crippen molar-refractivity contribution in [2.24, 2.45) is 0 Å². The summed E-state index contributed by atoms with van der Waals surface area (Å²) in [6.07, 6.45) is 0. The van der Waals surface area contributed by atoms with E-state index >= 15 is 0 Å². The Morgan fingerprint density at radius 2 is 1.80 bits per heavy atom. The third-order valence-corrected chi connectivity index (χ3v) is 3.17. The molecule has 0 aliphatic heterocycles. The molecule has 0 aliphatic carbocycles. The normalized spacial score (nSPS) is 10.8. The van der Waals surface area contributed by atoms with Gasteiger partial charge in [0.05, 0.1) is 7.11 Å². The minimum absolute atomic E-state index is 0.218. The molecule has 0 aliphatic rings. The fraction of sp³-hybridized carbons (Fsp3) is 0.294. The number of methoxy groups -OCH3 is 1. The van der Waals surface area contributed by atoms with Gasteiger partial charge in [-0.2, -0.15) is 0 Å². The molecule has 20 heavy (non-hydrogen) atoms. The Morgan fingerprint density at radius 3 is 2.40 bits per heavy atom. The summed E-state index contributed by atoms with van der Waals surface area (Å²) < 4.78 is 18.7. The molecule has 2 rings (SSSR count). The highest BCUT2D eigenvalue weighted by atomic mass is 19.1. The first-order valence-corrected chi connectivity index (χ1v) is 6.76. The van der Waals surface area contributed by atoms with Crippen LogP contribution in [0, 0.1) is 5.82 Å². The number of rotatable bonds is 5. The van der Waals surface area contributed by atoms with Crippen LogP contribution in [0.5, 0.6) is 5.75 Å². The van der Waals surface area contributed by atoms with Crippen molar-refractivity contribution < 1.29 is 9.13 Å². The van der Waals surface area contributed by atoms with Crippen LogP contribution in [0.1, 0.15) is 19.4 Å². The Balaban J connectivity index is 2.34. The van der Waals surface area contributed by atoms with Crippen molar-refractivity contribution in [3.8, 4) is 16.9 Å². The second-order valence-electron chi connectivity index (χ2n) is 5.07. The maximum Gasteiger partial charge on any atom is 0.123 e. The van der Waals surface area contributed by atoms with Gasteiger partial charge in [0.15, 0.2) is 0 Å².